The summed E-state index contributed by atoms with van der Waals surface area (Å²) < 4.78 is 1.97. The molecule has 7 aromatic rings. The average molecular weight is 811 g/mol. The molecule has 0 aliphatic carbocycles. The molecule has 0 amide bonds. The number of rotatable bonds is 0. The van der Waals surface area contributed by atoms with Gasteiger partial charge in [-0.3, -0.25) is 9.98 Å². The molecular formula is C54H78N6. The minimum absolute atomic E-state index is 0.136. The van der Waals surface area contributed by atoms with Gasteiger partial charge < -0.3 is 4.40 Å². The van der Waals surface area contributed by atoms with E-state index in [4.69, 9.17) is 0 Å². The van der Waals surface area contributed by atoms with Gasteiger partial charge >= 0.3 is 0 Å². The highest BCUT2D eigenvalue weighted by Gasteiger charge is 2.25. The van der Waals surface area contributed by atoms with E-state index in [1.165, 1.54) is 10.9 Å². The Hall–Kier alpha value is -5.23. The van der Waals surface area contributed by atoms with Crippen LogP contribution in [0.2, 0.25) is 0 Å². The van der Waals surface area contributed by atoms with Gasteiger partial charge in [-0.1, -0.05) is 191 Å². The van der Waals surface area contributed by atoms with Gasteiger partial charge in [0.15, 0.2) is 0 Å². The summed E-state index contributed by atoms with van der Waals surface area (Å²) in [5.41, 5.74) is 7.65. The number of hydrogen-bond acceptors (Lipinski definition) is 5. The summed E-state index contributed by atoms with van der Waals surface area (Å²) in [6.07, 6.45) is 12.9. The quantitative estimate of drug-likeness (QED) is 0.153. The van der Waals surface area contributed by atoms with Crippen LogP contribution in [0.5, 0.6) is 0 Å². The van der Waals surface area contributed by atoms with E-state index < -0.39 is 0 Å². The van der Waals surface area contributed by atoms with Crippen molar-refractivity contribution < 1.29 is 0 Å². The van der Waals surface area contributed by atoms with Crippen molar-refractivity contribution in [2.75, 3.05) is 0 Å². The molecule has 0 radical (unpaired) electrons. The Morgan fingerprint density at radius 3 is 1.43 bits per heavy atom. The molecule has 8 rings (SSSR count). The lowest BCUT2D eigenvalue weighted by atomic mass is 9.87. The Labute approximate surface area is 365 Å². The second kappa shape index (κ2) is 24.8. The second-order valence-corrected chi connectivity index (χ2v) is 21.7. The highest BCUT2D eigenvalue weighted by Crippen LogP contribution is 2.35. The Balaban J connectivity index is 0.000000352. The second-order valence-electron chi connectivity index (χ2n) is 21.7. The number of hydrogen-bond donors (Lipinski definition) is 0. The Morgan fingerprint density at radius 2 is 0.917 bits per heavy atom. The monoisotopic (exact) mass is 811 g/mol. The summed E-state index contributed by atoms with van der Waals surface area (Å²) in [5.74, 6) is 0. The first-order chi connectivity index (χ1) is 27.6. The van der Waals surface area contributed by atoms with Crippen molar-refractivity contribution in [1.29, 1.82) is 0 Å². The first-order valence-electron chi connectivity index (χ1n) is 21.1. The number of nitrogens with zero attached hydrogens (tertiary/aromatic N) is 6. The fourth-order valence-corrected chi connectivity index (χ4v) is 4.23. The molecule has 3 aromatic carbocycles. The number of pyridine rings is 2. The van der Waals surface area contributed by atoms with Crippen molar-refractivity contribution in [3.05, 3.63) is 146 Å². The van der Waals surface area contributed by atoms with Gasteiger partial charge in [-0.15, -0.1) is 0 Å². The van der Waals surface area contributed by atoms with Crippen molar-refractivity contribution in [3.8, 4) is 0 Å². The minimum Gasteiger partial charge on any atom is -0.307 e. The fourth-order valence-electron chi connectivity index (χ4n) is 4.23. The van der Waals surface area contributed by atoms with Crippen LogP contribution in [0.15, 0.2) is 145 Å². The molecule has 0 saturated carbocycles. The topological polar surface area (TPSA) is 68.3 Å². The van der Waals surface area contributed by atoms with E-state index >= 15 is 0 Å². The molecule has 0 saturated heterocycles. The van der Waals surface area contributed by atoms with Crippen LogP contribution in [0, 0.1) is 21.7 Å². The van der Waals surface area contributed by atoms with Crippen molar-refractivity contribution in [1.82, 2.24) is 24.3 Å². The van der Waals surface area contributed by atoms with Crippen molar-refractivity contribution in [2.24, 2.45) is 26.7 Å². The van der Waals surface area contributed by atoms with Gasteiger partial charge in [0.25, 0.3) is 0 Å². The van der Waals surface area contributed by atoms with Crippen molar-refractivity contribution >= 4 is 39.4 Å². The van der Waals surface area contributed by atoms with Gasteiger partial charge in [0.2, 0.25) is 0 Å². The third kappa shape index (κ3) is 28.2. The van der Waals surface area contributed by atoms with Gasteiger partial charge in [-0.25, -0.2) is 15.0 Å². The van der Waals surface area contributed by atoms with Gasteiger partial charge in [0.1, 0.15) is 12.0 Å². The van der Waals surface area contributed by atoms with E-state index in [2.05, 4.69) is 180 Å². The third-order valence-corrected chi connectivity index (χ3v) is 6.35. The summed E-state index contributed by atoms with van der Waals surface area (Å²) >= 11 is 0. The summed E-state index contributed by atoms with van der Waals surface area (Å²) in [7, 11) is 0. The highest BCUT2D eigenvalue weighted by atomic mass is 15.0. The SMILES string of the molecule is CC(C)(C)C.CC(C)(C)C.CC(C)(C)C.CC(C)(C)C.CC1(C)C=Nc2ccccc21.c1ccc2ncccc2c1.c1ccc2ncncc2c1.c1ccn2ccnc2c1. The standard InChI is InChI=1S/C10H11N.C9H7N.C8H6N2.C7H6N2.4C5H12/c1-10(2)7-11-9-6-4-3-5-8(9)10;1-2-6-9-8(4-1)5-3-7-10-9;1-2-4-8-7(3-1)5-9-6-10-8;1-2-5-9-6-4-8-7(9)3-1;4*1-5(2,3)4/h3-7H,1-2H3;1-7H;1-6H;1-6H;4*1-4H3. The molecule has 0 spiro atoms. The molecule has 6 heteroatoms. The maximum atomic E-state index is 4.33. The largest absolute Gasteiger partial charge is 0.307 e. The van der Waals surface area contributed by atoms with Gasteiger partial charge in [0, 0.05) is 53.4 Å². The normalized spacial score (nSPS) is 12.2. The number of aliphatic imine (C=N–C) groups is 1. The highest BCUT2D eigenvalue weighted by molar-refractivity contribution is 5.84. The summed E-state index contributed by atoms with van der Waals surface area (Å²) in [4.78, 5) is 20.6. The lowest BCUT2D eigenvalue weighted by Crippen LogP contribution is -2.14. The molecular weight excluding hydrogens is 733 g/mol. The predicted molar refractivity (Wildman–Crippen MR) is 265 cm³/mol. The zero-order chi connectivity index (χ0) is 45.6. The number of benzene rings is 3. The molecule has 1 aliphatic heterocycles. The molecule has 0 unspecified atom stereocenters. The van der Waals surface area contributed by atoms with Crippen LogP contribution >= 0.6 is 0 Å². The molecule has 0 N–H and O–H groups in total. The van der Waals surface area contributed by atoms with Crippen LogP contribution in [0.1, 0.15) is 130 Å². The Bertz CT molecular complexity index is 1930. The molecule has 6 nitrogen and oxygen atoms in total. The fraction of sp³-hybridized carbons (Fsp3) is 0.426. The molecule has 4 aromatic heterocycles. The van der Waals surface area contributed by atoms with Gasteiger partial charge in [0.05, 0.1) is 16.7 Å². The molecule has 0 atom stereocenters. The Kier molecular flexibility index (Phi) is 21.8. The van der Waals surface area contributed by atoms with Crippen LogP contribution in [0.4, 0.5) is 5.69 Å². The van der Waals surface area contributed by atoms with Crippen molar-refractivity contribution in [3.63, 3.8) is 0 Å². The molecule has 0 bridgehead atoms. The molecule has 324 valence electrons. The molecule has 1 aliphatic rings. The maximum absolute atomic E-state index is 4.33. The van der Waals surface area contributed by atoms with E-state index in [0.29, 0.717) is 21.7 Å². The maximum Gasteiger partial charge on any atom is 0.136 e. The lowest BCUT2D eigenvalue weighted by Gasteiger charge is -2.14. The van der Waals surface area contributed by atoms with E-state index in [-0.39, 0.29) is 5.41 Å². The van der Waals surface area contributed by atoms with Crippen molar-refractivity contribution in [2.45, 2.75) is 130 Å². The smallest absolute Gasteiger partial charge is 0.136 e. The average Bonchev–Trinajstić information content (AvgIpc) is 3.74. The van der Waals surface area contributed by atoms with Crippen LogP contribution in [0.25, 0.3) is 27.5 Å². The zero-order valence-corrected chi connectivity index (χ0v) is 40.5. The number of fused-ring (bicyclic) bond motifs is 4. The van der Waals surface area contributed by atoms with Crippen LogP contribution in [-0.2, 0) is 5.41 Å². The summed E-state index contributed by atoms with van der Waals surface area (Å²) in [6, 6.07) is 34.2. The molecule has 5 heterocycles. The first-order valence-corrected chi connectivity index (χ1v) is 21.1. The van der Waals surface area contributed by atoms with E-state index in [0.717, 1.165) is 27.8 Å². The summed E-state index contributed by atoms with van der Waals surface area (Å²) in [5, 5.41) is 2.29. The number of imidazole rings is 1. The number of aromatic nitrogens is 5. The summed E-state index contributed by atoms with van der Waals surface area (Å²) in [6.45, 7) is 39.4. The van der Waals surface area contributed by atoms with Gasteiger partial charge in [-0.2, -0.15) is 0 Å². The zero-order valence-electron chi connectivity index (χ0n) is 40.5. The Morgan fingerprint density at radius 1 is 0.450 bits per heavy atom. The van der Waals surface area contributed by atoms with Crippen LogP contribution in [0.3, 0.4) is 0 Å². The van der Waals surface area contributed by atoms with Crippen LogP contribution < -0.4 is 0 Å². The lowest BCUT2D eigenvalue weighted by molar-refractivity contribution is 0.469. The van der Waals surface area contributed by atoms with E-state index in [1.54, 1.807) is 12.5 Å². The van der Waals surface area contributed by atoms with Crippen LogP contribution in [-0.4, -0.2) is 30.6 Å². The molecule has 60 heavy (non-hydrogen) atoms. The van der Waals surface area contributed by atoms with E-state index in [9.17, 15) is 0 Å². The predicted octanol–water partition coefficient (Wildman–Crippen LogP) is 16.1. The first kappa shape index (κ1) is 52.8. The minimum atomic E-state index is 0.136. The third-order valence-electron chi connectivity index (χ3n) is 6.35. The number of para-hydroxylation sites is 3. The van der Waals surface area contributed by atoms with Gasteiger partial charge in [-0.05, 0) is 63.6 Å². The molecule has 0 fully saturated rings. The van der Waals surface area contributed by atoms with E-state index in [1.807, 2.05) is 108 Å².